The predicted octanol–water partition coefficient (Wildman–Crippen LogP) is 7.76. The van der Waals surface area contributed by atoms with Crippen molar-refractivity contribution in [2.45, 2.75) is 0 Å². The molecular weight excluding hydrogens is 444 g/mol. The van der Waals surface area contributed by atoms with E-state index in [0.717, 1.165) is 33.4 Å². The summed E-state index contributed by atoms with van der Waals surface area (Å²) in [5.74, 6) is 1.21. The number of hydrogen-bond donors (Lipinski definition) is 0. The lowest BCUT2D eigenvalue weighted by Gasteiger charge is -2.08. The molecule has 0 amide bonds. The van der Waals surface area contributed by atoms with Crippen molar-refractivity contribution in [2.24, 2.45) is 0 Å². The Morgan fingerprint density at radius 2 is 0.800 bits per heavy atom. The highest BCUT2D eigenvalue weighted by Gasteiger charge is 2.25. The van der Waals surface area contributed by atoms with Gasteiger partial charge in [-0.15, -0.1) is 0 Å². The van der Waals surface area contributed by atoms with Crippen molar-refractivity contribution in [2.75, 3.05) is 0 Å². The number of benzene rings is 4. The number of nitro groups is 2. The van der Waals surface area contributed by atoms with Crippen molar-refractivity contribution in [3.8, 4) is 44.9 Å². The third-order valence-corrected chi connectivity index (χ3v) is 5.71. The Labute approximate surface area is 200 Å². The second-order valence-electron chi connectivity index (χ2n) is 7.85. The topological polar surface area (TPSA) is 99.4 Å². The van der Waals surface area contributed by atoms with Crippen LogP contribution in [0.2, 0.25) is 0 Å². The quantitative estimate of drug-likeness (QED) is 0.190. The molecule has 170 valence electrons. The van der Waals surface area contributed by atoms with E-state index < -0.39 is 9.85 Å². The zero-order chi connectivity index (χ0) is 24.4. The molecular formula is C28H18N2O5. The minimum Gasteiger partial charge on any atom is -0.455 e. The van der Waals surface area contributed by atoms with Gasteiger partial charge in [0.1, 0.15) is 11.5 Å². The summed E-state index contributed by atoms with van der Waals surface area (Å²) in [5, 5.41) is 22.5. The Morgan fingerprint density at radius 3 is 1.11 bits per heavy atom. The fourth-order valence-corrected chi connectivity index (χ4v) is 4.07. The third kappa shape index (κ3) is 4.18. The van der Waals surface area contributed by atoms with E-state index in [2.05, 4.69) is 0 Å². The average Bonchev–Trinajstić information content (AvgIpc) is 3.30. The Kier molecular flexibility index (Phi) is 5.65. The summed E-state index contributed by atoms with van der Waals surface area (Å²) in [6, 6.07) is 31.8. The number of furan rings is 1. The van der Waals surface area contributed by atoms with Gasteiger partial charge in [0.15, 0.2) is 0 Å². The molecule has 7 heteroatoms. The molecule has 7 nitrogen and oxygen atoms in total. The van der Waals surface area contributed by atoms with Gasteiger partial charge in [-0.1, -0.05) is 60.7 Å². The molecule has 0 aliphatic carbocycles. The predicted molar refractivity (Wildman–Crippen MR) is 134 cm³/mol. The van der Waals surface area contributed by atoms with E-state index in [1.54, 1.807) is 24.3 Å². The van der Waals surface area contributed by atoms with Crippen molar-refractivity contribution in [3.05, 3.63) is 129 Å². The molecule has 1 heterocycles. The largest absolute Gasteiger partial charge is 0.455 e. The highest BCUT2D eigenvalue weighted by molar-refractivity contribution is 5.99. The minimum atomic E-state index is -0.441. The summed E-state index contributed by atoms with van der Waals surface area (Å²) in [7, 11) is 0. The lowest BCUT2D eigenvalue weighted by atomic mass is 9.91. The van der Waals surface area contributed by atoms with Crippen LogP contribution in [0.4, 0.5) is 11.4 Å². The number of hydrogen-bond acceptors (Lipinski definition) is 5. The number of nitrogens with zero attached hydrogens (tertiary/aromatic N) is 2. The Morgan fingerprint density at radius 1 is 0.457 bits per heavy atom. The number of nitro benzene ring substituents is 2. The van der Waals surface area contributed by atoms with Gasteiger partial charge in [0.05, 0.1) is 9.85 Å². The summed E-state index contributed by atoms with van der Waals surface area (Å²) in [6.07, 6.45) is 0. The Balaban J connectivity index is 1.83. The van der Waals surface area contributed by atoms with Crippen LogP contribution in [0, 0.1) is 20.2 Å². The number of rotatable bonds is 6. The van der Waals surface area contributed by atoms with E-state index in [-0.39, 0.29) is 11.4 Å². The highest BCUT2D eigenvalue weighted by atomic mass is 16.6. The summed E-state index contributed by atoms with van der Waals surface area (Å²) >= 11 is 0. The van der Waals surface area contributed by atoms with Crippen LogP contribution in [-0.4, -0.2) is 9.85 Å². The molecule has 5 rings (SSSR count). The Hall–Kier alpha value is -5.04. The zero-order valence-corrected chi connectivity index (χ0v) is 18.3. The van der Waals surface area contributed by atoms with Crippen LogP contribution >= 0.6 is 0 Å². The van der Waals surface area contributed by atoms with Crippen LogP contribution in [0.1, 0.15) is 0 Å². The van der Waals surface area contributed by atoms with Crippen molar-refractivity contribution >= 4 is 11.4 Å². The van der Waals surface area contributed by atoms with Crippen molar-refractivity contribution in [1.29, 1.82) is 0 Å². The molecule has 0 fully saturated rings. The van der Waals surface area contributed by atoms with Crippen molar-refractivity contribution < 1.29 is 14.3 Å². The first-order valence-corrected chi connectivity index (χ1v) is 10.8. The first-order chi connectivity index (χ1) is 17.0. The first-order valence-electron chi connectivity index (χ1n) is 10.8. The lowest BCUT2D eigenvalue weighted by molar-refractivity contribution is -0.385. The van der Waals surface area contributed by atoms with Crippen molar-refractivity contribution in [1.82, 2.24) is 0 Å². The molecule has 0 unspecified atom stereocenters. The van der Waals surface area contributed by atoms with E-state index in [1.165, 1.54) is 24.3 Å². The van der Waals surface area contributed by atoms with Gasteiger partial charge in [0.25, 0.3) is 11.4 Å². The maximum Gasteiger partial charge on any atom is 0.269 e. The fraction of sp³-hybridized carbons (Fsp3) is 0. The van der Waals surface area contributed by atoms with Crippen LogP contribution in [0.3, 0.4) is 0 Å². The van der Waals surface area contributed by atoms with Crippen LogP contribution in [0.5, 0.6) is 0 Å². The maximum atomic E-state index is 11.2. The van der Waals surface area contributed by atoms with Gasteiger partial charge in [0.2, 0.25) is 0 Å². The van der Waals surface area contributed by atoms with E-state index in [0.29, 0.717) is 11.5 Å². The van der Waals surface area contributed by atoms with Gasteiger partial charge in [-0.25, -0.2) is 0 Å². The second-order valence-corrected chi connectivity index (χ2v) is 7.85. The second kappa shape index (κ2) is 9.07. The SMILES string of the molecule is O=[N+]([O-])c1ccc(-c2c(-c3ccccc3)oc(-c3ccccc3)c2-c2ccc([N+](=O)[O-])cc2)cc1. The van der Waals surface area contributed by atoms with Gasteiger partial charge < -0.3 is 4.42 Å². The zero-order valence-electron chi connectivity index (χ0n) is 18.3. The molecule has 0 radical (unpaired) electrons. The molecule has 1 aromatic heterocycles. The van der Waals surface area contributed by atoms with Crippen LogP contribution in [0.25, 0.3) is 44.9 Å². The summed E-state index contributed by atoms with van der Waals surface area (Å²) in [6.45, 7) is 0. The summed E-state index contributed by atoms with van der Waals surface area (Å²) < 4.78 is 6.51. The summed E-state index contributed by atoms with van der Waals surface area (Å²) in [4.78, 5) is 21.6. The van der Waals surface area contributed by atoms with Gasteiger partial charge in [-0.2, -0.15) is 0 Å². The molecule has 4 aromatic carbocycles. The minimum absolute atomic E-state index is 0.0151. The molecule has 0 bridgehead atoms. The molecule has 0 atom stereocenters. The van der Waals surface area contributed by atoms with Crippen LogP contribution < -0.4 is 0 Å². The molecule has 0 N–H and O–H groups in total. The molecule has 0 aliphatic heterocycles. The van der Waals surface area contributed by atoms with Gasteiger partial charge >= 0.3 is 0 Å². The lowest BCUT2D eigenvalue weighted by Crippen LogP contribution is -1.90. The van der Waals surface area contributed by atoms with E-state index in [4.69, 9.17) is 4.42 Å². The molecule has 0 spiro atoms. The molecule has 0 saturated heterocycles. The van der Waals surface area contributed by atoms with Crippen LogP contribution in [-0.2, 0) is 0 Å². The van der Waals surface area contributed by atoms with Crippen molar-refractivity contribution in [3.63, 3.8) is 0 Å². The third-order valence-electron chi connectivity index (χ3n) is 5.71. The Bertz CT molecular complexity index is 1390. The smallest absolute Gasteiger partial charge is 0.269 e. The summed E-state index contributed by atoms with van der Waals surface area (Å²) in [5.41, 5.74) is 4.61. The fourth-order valence-electron chi connectivity index (χ4n) is 4.07. The first kappa shape index (κ1) is 21.8. The standard InChI is InChI=1S/C28H18N2O5/c31-29(32)23-15-11-19(12-16-23)25-26(20-13-17-24(18-14-20)30(33)34)28(22-9-5-2-6-10-22)35-27(25)21-7-3-1-4-8-21/h1-18H. The van der Waals surface area contributed by atoms with E-state index in [9.17, 15) is 20.2 Å². The average molecular weight is 462 g/mol. The number of non-ortho nitro benzene ring substituents is 2. The monoisotopic (exact) mass is 462 g/mol. The molecule has 0 saturated carbocycles. The van der Waals surface area contributed by atoms with E-state index >= 15 is 0 Å². The maximum absolute atomic E-state index is 11.2. The van der Waals surface area contributed by atoms with Gasteiger partial charge in [0, 0.05) is 46.5 Å². The molecule has 35 heavy (non-hydrogen) atoms. The van der Waals surface area contributed by atoms with Crippen LogP contribution in [0.15, 0.2) is 114 Å². The highest BCUT2D eigenvalue weighted by Crippen LogP contribution is 2.48. The molecule has 0 aliphatic rings. The van der Waals surface area contributed by atoms with Gasteiger partial charge in [-0.05, 0) is 35.4 Å². The normalized spacial score (nSPS) is 10.7. The molecule has 5 aromatic rings. The van der Waals surface area contributed by atoms with E-state index in [1.807, 2.05) is 60.7 Å². The van der Waals surface area contributed by atoms with Gasteiger partial charge in [-0.3, -0.25) is 20.2 Å².